The van der Waals surface area contributed by atoms with Crippen molar-refractivity contribution in [3.05, 3.63) is 24.0 Å². The van der Waals surface area contributed by atoms with Crippen molar-refractivity contribution < 1.29 is 0 Å². The quantitative estimate of drug-likeness (QED) is 0.731. The SMILES string of the molecule is Cc1cnc2c(cnn2C2CC(C)(C)C2)c1. The molecule has 0 saturated heterocycles. The second-order valence-electron chi connectivity index (χ2n) is 5.74. The van der Waals surface area contributed by atoms with E-state index in [9.17, 15) is 0 Å². The molecular formula is C13H17N3. The van der Waals surface area contributed by atoms with Crippen LogP contribution in [0.3, 0.4) is 0 Å². The number of rotatable bonds is 1. The van der Waals surface area contributed by atoms with Crippen molar-refractivity contribution in [3.8, 4) is 0 Å². The minimum atomic E-state index is 0.480. The smallest absolute Gasteiger partial charge is 0.157 e. The van der Waals surface area contributed by atoms with E-state index >= 15 is 0 Å². The lowest BCUT2D eigenvalue weighted by atomic mass is 9.68. The van der Waals surface area contributed by atoms with Crippen LogP contribution in [0.4, 0.5) is 0 Å². The summed E-state index contributed by atoms with van der Waals surface area (Å²) in [4.78, 5) is 4.49. The molecule has 3 heteroatoms. The first-order valence-electron chi connectivity index (χ1n) is 5.85. The van der Waals surface area contributed by atoms with Crippen LogP contribution >= 0.6 is 0 Å². The van der Waals surface area contributed by atoms with E-state index in [2.05, 4.69) is 41.6 Å². The van der Waals surface area contributed by atoms with Gasteiger partial charge in [-0.15, -0.1) is 0 Å². The van der Waals surface area contributed by atoms with Crippen LogP contribution in [0.25, 0.3) is 11.0 Å². The number of hydrogen-bond acceptors (Lipinski definition) is 2. The molecule has 0 atom stereocenters. The normalized spacial score (nSPS) is 19.9. The lowest BCUT2D eigenvalue weighted by Crippen LogP contribution is -2.34. The van der Waals surface area contributed by atoms with Crippen molar-refractivity contribution >= 4 is 11.0 Å². The van der Waals surface area contributed by atoms with Crippen LogP contribution in [0.1, 0.15) is 38.3 Å². The van der Waals surface area contributed by atoms with E-state index in [1.54, 1.807) is 0 Å². The maximum Gasteiger partial charge on any atom is 0.157 e. The highest BCUT2D eigenvalue weighted by Gasteiger charge is 2.38. The third-order valence-electron chi connectivity index (χ3n) is 3.49. The van der Waals surface area contributed by atoms with Gasteiger partial charge in [-0.3, -0.25) is 0 Å². The lowest BCUT2D eigenvalue weighted by Gasteiger charge is -2.42. The van der Waals surface area contributed by atoms with Gasteiger partial charge in [-0.1, -0.05) is 13.8 Å². The zero-order valence-corrected chi connectivity index (χ0v) is 10.1. The molecule has 1 aliphatic carbocycles. The van der Waals surface area contributed by atoms with Gasteiger partial charge in [0.25, 0.3) is 0 Å². The second-order valence-corrected chi connectivity index (χ2v) is 5.74. The molecule has 0 bridgehead atoms. The fourth-order valence-corrected chi connectivity index (χ4v) is 2.71. The average molecular weight is 215 g/mol. The molecule has 0 radical (unpaired) electrons. The third kappa shape index (κ3) is 1.42. The molecule has 2 heterocycles. The summed E-state index contributed by atoms with van der Waals surface area (Å²) in [6, 6.07) is 2.69. The molecule has 16 heavy (non-hydrogen) atoms. The van der Waals surface area contributed by atoms with Gasteiger partial charge in [0.2, 0.25) is 0 Å². The number of hydrogen-bond donors (Lipinski definition) is 0. The number of aryl methyl sites for hydroxylation is 1. The Morgan fingerprint density at radius 2 is 2.06 bits per heavy atom. The average Bonchev–Trinajstić information content (AvgIpc) is 2.56. The summed E-state index contributed by atoms with van der Waals surface area (Å²) in [5.41, 5.74) is 2.71. The van der Waals surface area contributed by atoms with Crippen LogP contribution in [0.15, 0.2) is 18.5 Å². The standard InChI is InChI=1S/C13H17N3/c1-9-4-10-8-15-16(12(10)14-7-9)11-5-13(2,3)6-11/h4,7-8,11H,5-6H2,1-3H3. The molecule has 1 aliphatic rings. The van der Waals surface area contributed by atoms with E-state index in [4.69, 9.17) is 0 Å². The first kappa shape index (κ1) is 9.82. The largest absolute Gasteiger partial charge is 0.244 e. The van der Waals surface area contributed by atoms with Crippen molar-refractivity contribution in [3.63, 3.8) is 0 Å². The lowest BCUT2D eigenvalue weighted by molar-refractivity contribution is 0.0977. The number of fused-ring (bicyclic) bond motifs is 1. The Hall–Kier alpha value is -1.38. The summed E-state index contributed by atoms with van der Waals surface area (Å²) in [6.07, 6.45) is 6.27. The molecule has 0 aromatic carbocycles. The van der Waals surface area contributed by atoms with Crippen LogP contribution in [0, 0.1) is 12.3 Å². The molecule has 1 fully saturated rings. The summed E-state index contributed by atoms with van der Waals surface area (Å²) in [7, 11) is 0. The molecular weight excluding hydrogens is 198 g/mol. The highest BCUT2D eigenvalue weighted by atomic mass is 15.3. The van der Waals surface area contributed by atoms with Gasteiger partial charge in [0, 0.05) is 11.6 Å². The highest BCUT2D eigenvalue weighted by molar-refractivity contribution is 5.75. The predicted molar refractivity (Wildman–Crippen MR) is 64.3 cm³/mol. The first-order chi connectivity index (χ1) is 7.55. The number of pyridine rings is 1. The van der Waals surface area contributed by atoms with Crippen LogP contribution in [-0.4, -0.2) is 14.8 Å². The fourth-order valence-electron chi connectivity index (χ4n) is 2.71. The molecule has 0 unspecified atom stereocenters. The van der Waals surface area contributed by atoms with Gasteiger partial charge in [-0.05, 0) is 36.8 Å². The molecule has 0 amide bonds. The van der Waals surface area contributed by atoms with Crippen LogP contribution in [-0.2, 0) is 0 Å². The highest BCUT2D eigenvalue weighted by Crippen LogP contribution is 2.47. The minimum absolute atomic E-state index is 0.480. The Kier molecular flexibility index (Phi) is 1.88. The van der Waals surface area contributed by atoms with Crippen molar-refractivity contribution in [1.82, 2.24) is 14.8 Å². The third-order valence-corrected chi connectivity index (χ3v) is 3.49. The number of aromatic nitrogens is 3. The van der Waals surface area contributed by atoms with Crippen molar-refractivity contribution in [2.24, 2.45) is 5.41 Å². The van der Waals surface area contributed by atoms with Gasteiger partial charge in [0.15, 0.2) is 5.65 Å². The molecule has 0 spiro atoms. The van der Waals surface area contributed by atoms with Crippen LogP contribution in [0.2, 0.25) is 0 Å². The molecule has 84 valence electrons. The van der Waals surface area contributed by atoms with E-state index in [0.29, 0.717) is 11.5 Å². The monoisotopic (exact) mass is 215 g/mol. The van der Waals surface area contributed by atoms with Crippen molar-refractivity contribution in [1.29, 1.82) is 0 Å². The van der Waals surface area contributed by atoms with Gasteiger partial charge < -0.3 is 0 Å². The van der Waals surface area contributed by atoms with Gasteiger partial charge in [-0.25, -0.2) is 9.67 Å². The van der Waals surface area contributed by atoms with Crippen molar-refractivity contribution in [2.75, 3.05) is 0 Å². The molecule has 0 aliphatic heterocycles. The maximum absolute atomic E-state index is 4.49. The Morgan fingerprint density at radius 3 is 2.75 bits per heavy atom. The molecule has 1 saturated carbocycles. The Balaban J connectivity index is 2.00. The summed E-state index contributed by atoms with van der Waals surface area (Å²) in [6.45, 7) is 6.69. The first-order valence-corrected chi connectivity index (χ1v) is 5.85. The van der Waals surface area contributed by atoms with Crippen LogP contribution in [0.5, 0.6) is 0 Å². The molecule has 2 aromatic heterocycles. The van der Waals surface area contributed by atoms with Crippen molar-refractivity contribution in [2.45, 2.75) is 39.7 Å². The molecule has 3 nitrogen and oxygen atoms in total. The van der Waals surface area contributed by atoms with Gasteiger partial charge in [-0.2, -0.15) is 5.10 Å². The van der Waals surface area contributed by atoms with Gasteiger partial charge in [0.1, 0.15) is 0 Å². The van der Waals surface area contributed by atoms with E-state index in [1.807, 2.05) is 12.4 Å². The maximum atomic E-state index is 4.49. The van der Waals surface area contributed by atoms with Gasteiger partial charge in [0.05, 0.1) is 12.2 Å². The zero-order valence-electron chi connectivity index (χ0n) is 10.1. The fraction of sp³-hybridized carbons (Fsp3) is 0.538. The second kappa shape index (κ2) is 3.06. The summed E-state index contributed by atoms with van der Waals surface area (Å²) in [5, 5.41) is 5.64. The topological polar surface area (TPSA) is 30.7 Å². The Bertz CT molecular complexity index is 531. The Labute approximate surface area is 95.5 Å². The number of nitrogens with zero attached hydrogens (tertiary/aromatic N) is 3. The van der Waals surface area contributed by atoms with E-state index < -0.39 is 0 Å². The summed E-state index contributed by atoms with van der Waals surface area (Å²) in [5.74, 6) is 0. The van der Waals surface area contributed by atoms with E-state index in [1.165, 1.54) is 18.4 Å². The summed E-state index contributed by atoms with van der Waals surface area (Å²) >= 11 is 0. The zero-order chi connectivity index (χ0) is 11.3. The molecule has 2 aromatic rings. The van der Waals surface area contributed by atoms with E-state index in [0.717, 1.165) is 11.0 Å². The Morgan fingerprint density at radius 1 is 1.31 bits per heavy atom. The predicted octanol–water partition coefficient (Wildman–Crippen LogP) is 3.10. The minimum Gasteiger partial charge on any atom is -0.244 e. The molecule has 0 N–H and O–H groups in total. The van der Waals surface area contributed by atoms with Crippen LogP contribution < -0.4 is 0 Å². The summed E-state index contributed by atoms with van der Waals surface area (Å²) < 4.78 is 2.10. The van der Waals surface area contributed by atoms with E-state index in [-0.39, 0.29) is 0 Å². The van der Waals surface area contributed by atoms with Gasteiger partial charge >= 0.3 is 0 Å². The molecule has 3 rings (SSSR count).